The molecule has 0 unspecified atom stereocenters. The van der Waals surface area contributed by atoms with Crippen LogP contribution in [0.4, 0.5) is 0 Å². The van der Waals surface area contributed by atoms with Crippen molar-refractivity contribution in [3.8, 4) is 0 Å². The zero-order valence-electron chi connectivity index (χ0n) is 6.03. The van der Waals surface area contributed by atoms with Crippen molar-refractivity contribution in [1.29, 1.82) is 0 Å². The van der Waals surface area contributed by atoms with Crippen molar-refractivity contribution in [2.75, 3.05) is 6.26 Å². The second kappa shape index (κ2) is 4.08. The maximum absolute atomic E-state index is 10.6. The second-order valence-corrected chi connectivity index (χ2v) is 5.09. The van der Waals surface area contributed by atoms with Gasteiger partial charge in [-0.05, 0) is 18.0 Å². The summed E-state index contributed by atoms with van der Waals surface area (Å²) in [5.74, 6) is 0. The highest BCUT2D eigenvalue weighted by Gasteiger charge is 2.05. The van der Waals surface area contributed by atoms with Crippen molar-refractivity contribution in [2.45, 2.75) is 15.6 Å². The van der Waals surface area contributed by atoms with Crippen LogP contribution < -0.4 is 0 Å². The van der Waals surface area contributed by atoms with E-state index >= 15 is 0 Å². The summed E-state index contributed by atoms with van der Waals surface area (Å²) >= 11 is 4.11. The van der Waals surface area contributed by atoms with E-state index in [1.807, 2.05) is 6.26 Å². The van der Waals surface area contributed by atoms with Crippen LogP contribution >= 0.6 is 34.9 Å². The van der Waals surface area contributed by atoms with Crippen molar-refractivity contribution in [3.63, 3.8) is 0 Å². The first kappa shape index (κ1) is 9.02. The first-order valence-electron chi connectivity index (χ1n) is 2.78. The van der Waals surface area contributed by atoms with E-state index in [9.17, 15) is 4.79 Å². The monoisotopic (exact) mass is 206 g/mol. The van der Waals surface area contributed by atoms with Crippen LogP contribution in [0.3, 0.4) is 0 Å². The van der Waals surface area contributed by atoms with Gasteiger partial charge in [0.25, 0.3) is 0 Å². The minimum atomic E-state index is 0.0498. The number of carbonyl (C=O) groups excluding carboxylic acids is 1. The minimum absolute atomic E-state index is 0.0498. The van der Waals surface area contributed by atoms with Crippen molar-refractivity contribution in [3.05, 3.63) is 0 Å². The first-order chi connectivity index (χ1) is 5.22. The number of thioether (sulfide) groups is 2. The van der Waals surface area contributed by atoms with E-state index < -0.39 is 0 Å². The quantitative estimate of drug-likeness (QED) is 0.691. The van der Waals surface area contributed by atoms with Gasteiger partial charge in [0.2, 0.25) is 0 Å². The van der Waals surface area contributed by atoms with Crippen LogP contribution in [-0.4, -0.2) is 21.6 Å². The van der Waals surface area contributed by atoms with Gasteiger partial charge < -0.3 is 0 Å². The summed E-state index contributed by atoms with van der Waals surface area (Å²) < 4.78 is 1.62. The van der Waals surface area contributed by atoms with Crippen LogP contribution in [0.2, 0.25) is 0 Å². The fourth-order valence-corrected chi connectivity index (χ4v) is 2.69. The van der Waals surface area contributed by atoms with Gasteiger partial charge in [-0.15, -0.1) is 10.2 Å². The lowest BCUT2D eigenvalue weighted by Crippen LogP contribution is -1.79. The third-order valence-electron chi connectivity index (χ3n) is 0.794. The molecule has 0 bridgehead atoms. The lowest BCUT2D eigenvalue weighted by Gasteiger charge is -1.83. The molecule has 0 N–H and O–H groups in total. The predicted molar refractivity (Wildman–Crippen MR) is 48.2 cm³/mol. The number of aromatic nitrogens is 2. The molecule has 0 saturated heterocycles. The van der Waals surface area contributed by atoms with Crippen LogP contribution in [0, 0.1) is 0 Å². The molecule has 0 fully saturated rings. The Kier molecular flexibility index (Phi) is 3.35. The van der Waals surface area contributed by atoms with E-state index in [0.29, 0.717) is 0 Å². The van der Waals surface area contributed by atoms with E-state index in [4.69, 9.17) is 0 Å². The second-order valence-electron chi connectivity index (χ2n) is 1.63. The Morgan fingerprint density at radius 3 is 2.55 bits per heavy atom. The SMILES string of the molecule is CSc1nnc(SC(C)=O)s1. The van der Waals surface area contributed by atoms with E-state index in [1.165, 1.54) is 30.0 Å². The Morgan fingerprint density at radius 1 is 1.45 bits per heavy atom. The minimum Gasteiger partial charge on any atom is -0.287 e. The van der Waals surface area contributed by atoms with E-state index in [-0.39, 0.29) is 5.12 Å². The molecule has 0 aliphatic heterocycles. The smallest absolute Gasteiger partial charge is 0.192 e. The lowest BCUT2D eigenvalue weighted by atomic mass is 10.9. The molecule has 0 aromatic carbocycles. The molecular formula is C5H6N2OS3. The summed E-state index contributed by atoms with van der Waals surface area (Å²) in [5, 5.41) is 7.71. The average molecular weight is 206 g/mol. The summed E-state index contributed by atoms with van der Waals surface area (Å²) in [7, 11) is 0. The van der Waals surface area contributed by atoms with E-state index in [0.717, 1.165) is 20.4 Å². The zero-order valence-corrected chi connectivity index (χ0v) is 8.48. The Hall–Kier alpha value is -0.0700. The van der Waals surface area contributed by atoms with Crippen molar-refractivity contribution < 1.29 is 4.79 Å². The molecule has 0 atom stereocenters. The molecule has 60 valence electrons. The van der Waals surface area contributed by atoms with Gasteiger partial charge in [0.15, 0.2) is 13.8 Å². The molecule has 11 heavy (non-hydrogen) atoms. The molecule has 0 spiro atoms. The van der Waals surface area contributed by atoms with Crippen LogP contribution in [-0.2, 0) is 4.79 Å². The van der Waals surface area contributed by atoms with Gasteiger partial charge in [0, 0.05) is 6.92 Å². The third kappa shape index (κ3) is 2.80. The number of hydrogen-bond donors (Lipinski definition) is 0. The number of rotatable bonds is 2. The molecule has 3 nitrogen and oxygen atoms in total. The molecule has 0 aliphatic rings. The Bertz CT molecular complexity index is 260. The Morgan fingerprint density at radius 2 is 2.09 bits per heavy atom. The molecule has 0 radical (unpaired) electrons. The van der Waals surface area contributed by atoms with E-state index in [2.05, 4.69) is 10.2 Å². The highest BCUT2D eigenvalue weighted by Crippen LogP contribution is 2.27. The normalized spacial score (nSPS) is 10.0. The lowest BCUT2D eigenvalue weighted by molar-refractivity contribution is -0.109. The fraction of sp³-hybridized carbons (Fsp3) is 0.400. The summed E-state index contributed by atoms with van der Waals surface area (Å²) in [6.45, 7) is 1.52. The molecule has 1 aromatic heterocycles. The molecule has 0 aliphatic carbocycles. The van der Waals surface area contributed by atoms with Crippen LogP contribution in [0.1, 0.15) is 6.92 Å². The third-order valence-corrected chi connectivity index (χ3v) is 3.53. The van der Waals surface area contributed by atoms with Gasteiger partial charge in [-0.1, -0.05) is 23.1 Å². The topological polar surface area (TPSA) is 42.9 Å². The van der Waals surface area contributed by atoms with Gasteiger partial charge in [-0.25, -0.2) is 0 Å². The van der Waals surface area contributed by atoms with Gasteiger partial charge in [0.1, 0.15) is 0 Å². The molecule has 1 aromatic rings. The van der Waals surface area contributed by atoms with Gasteiger partial charge >= 0.3 is 0 Å². The maximum Gasteiger partial charge on any atom is 0.192 e. The van der Waals surface area contributed by atoms with Crippen molar-refractivity contribution in [1.82, 2.24) is 10.2 Å². The highest BCUT2D eigenvalue weighted by atomic mass is 32.2. The van der Waals surface area contributed by atoms with Gasteiger partial charge in [-0.3, -0.25) is 4.79 Å². The highest BCUT2D eigenvalue weighted by molar-refractivity contribution is 8.15. The van der Waals surface area contributed by atoms with Gasteiger partial charge in [-0.2, -0.15) is 0 Å². The zero-order chi connectivity index (χ0) is 8.27. The summed E-state index contributed by atoms with van der Waals surface area (Å²) in [5.41, 5.74) is 0. The molecule has 1 heterocycles. The number of carbonyl (C=O) groups is 1. The molecular weight excluding hydrogens is 200 g/mol. The number of nitrogens with zero attached hydrogens (tertiary/aromatic N) is 2. The van der Waals surface area contributed by atoms with Crippen LogP contribution in [0.15, 0.2) is 8.68 Å². The van der Waals surface area contributed by atoms with Crippen molar-refractivity contribution in [2.24, 2.45) is 0 Å². The molecule has 0 saturated carbocycles. The van der Waals surface area contributed by atoms with Gasteiger partial charge in [0.05, 0.1) is 0 Å². The standard InChI is InChI=1S/C5H6N2OS3/c1-3(8)10-5-7-6-4(9-2)11-5/h1-2H3. The van der Waals surface area contributed by atoms with Crippen LogP contribution in [0.5, 0.6) is 0 Å². The number of hydrogen-bond acceptors (Lipinski definition) is 6. The van der Waals surface area contributed by atoms with Crippen molar-refractivity contribution >= 4 is 40.0 Å². The summed E-state index contributed by atoms with van der Waals surface area (Å²) in [6, 6.07) is 0. The fourth-order valence-electron chi connectivity index (χ4n) is 0.444. The summed E-state index contributed by atoms with van der Waals surface area (Å²) in [4.78, 5) is 10.6. The first-order valence-corrected chi connectivity index (χ1v) is 5.64. The largest absolute Gasteiger partial charge is 0.287 e. The molecule has 1 rings (SSSR count). The molecule has 0 amide bonds. The molecule has 6 heteroatoms. The summed E-state index contributed by atoms with van der Waals surface area (Å²) in [6.07, 6.45) is 1.93. The Balaban J connectivity index is 2.65. The average Bonchev–Trinajstić information content (AvgIpc) is 2.34. The van der Waals surface area contributed by atoms with E-state index in [1.54, 1.807) is 0 Å². The van der Waals surface area contributed by atoms with Crippen LogP contribution in [0.25, 0.3) is 0 Å². The Labute approximate surface area is 77.0 Å². The maximum atomic E-state index is 10.6. The predicted octanol–water partition coefficient (Wildman–Crippen LogP) is 1.90.